The molecule has 57 heavy (non-hydrogen) atoms. The number of ether oxygens (including phenoxy) is 5. The van der Waals surface area contributed by atoms with E-state index in [9.17, 15) is 51.1 Å². The quantitative estimate of drug-likeness (QED) is 0.148. The lowest BCUT2D eigenvalue weighted by molar-refractivity contribution is -0.383. The SMILES string of the molecule is CC(C)(O)[C@@H]1CC[C@@](C)([C@H]2CC[C@]3(C)[C@H]2[C@H](O)C[C@@H]2[C@@]4(C)CC[C@H](O)C(C)(C)[C@@H]4[C@@H](O[C@@H]4O[C@H](CO)[C@@H](O)[C@H](O)[C@H]4O[C@@H]4O[C@H](CO)[C@@H](O)[C@H](O)[C@H]4O)C[C@]23C)O1. The number of hydrogen-bond donors (Lipinski definition) is 10. The molecule has 0 amide bonds. The van der Waals surface area contributed by atoms with Crippen LogP contribution in [-0.2, 0) is 23.7 Å². The molecule has 4 aliphatic carbocycles. The van der Waals surface area contributed by atoms with Gasteiger partial charge in [0.1, 0.15) is 48.8 Å². The average Bonchev–Trinajstić information content (AvgIpc) is 3.73. The summed E-state index contributed by atoms with van der Waals surface area (Å²) in [6, 6.07) is 0. The van der Waals surface area contributed by atoms with Crippen LogP contribution in [0.2, 0.25) is 0 Å². The Morgan fingerprint density at radius 1 is 0.684 bits per heavy atom. The van der Waals surface area contributed by atoms with E-state index in [2.05, 4.69) is 27.7 Å². The van der Waals surface area contributed by atoms with Crippen LogP contribution in [0.25, 0.3) is 0 Å². The highest BCUT2D eigenvalue weighted by molar-refractivity contribution is 5.22. The summed E-state index contributed by atoms with van der Waals surface area (Å²) in [4.78, 5) is 0. The molecule has 7 aliphatic rings. The molecule has 330 valence electrons. The van der Waals surface area contributed by atoms with Crippen molar-refractivity contribution >= 4 is 0 Å². The van der Waals surface area contributed by atoms with Gasteiger partial charge in [0.15, 0.2) is 12.6 Å². The molecule has 7 fully saturated rings. The van der Waals surface area contributed by atoms with Crippen LogP contribution in [0.5, 0.6) is 0 Å². The molecule has 0 bridgehead atoms. The van der Waals surface area contributed by atoms with Gasteiger partial charge in [-0.05, 0) is 117 Å². The Balaban J connectivity index is 1.26. The first-order valence-electron chi connectivity index (χ1n) is 21.4. The van der Waals surface area contributed by atoms with Crippen LogP contribution < -0.4 is 0 Å². The molecule has 0 aromatic heterocycles. The second-order valence-electron chi connectivity index (χ2n) is 21.2. The van der Waals surface area contributed by atoms with Gasteiger partial charge in [0.05, 0.1) is 48.8 Å². The van der Waals surface area contributed by atoms with Gasteiger partial charge in [0, 0.05) is 0 Å². The zero-order chi connectivity index (χ0) is 42.0. The van der Waals surface area contributed by atoms with Gasteiger partial charge in [-0.3, -0.25) is 0 Å². The Bertz CT molecular complexity index is 1440. The molecule has 0 aromatic carbocycles. The predicted octanol–water partition coefficient (Wildman–Crippen LogP) is 0.331. The molecule has 0 radical (unpaired) electrons. The van der Waals surface area contributed by atoms with Crippen LogP contribution in [-0.4, -0.2) is 161 Å². The highest BCUT2D eigenvalue weighted by Crippen LogP contribution is 2.76. The molecular weight excluding hydrogens is 744 g/mol. The van der Waals surface area contributed by atoms with Gasteiger partial charge in [-0.2, -0.15) is 0 Å². The van der Waals surface area contributed by atoms with Crippen molar-refractivity contribution in [1.82, 2.24) is 0 Å². The van der Waals surface area contributed by atoms with E-state index in [1.165, 1.54) is 0 Å². The Morgan fingerprint density at radius 2 is 1.30 bits per heavy atom. The van der Waals surface area contributed by atoms with Crippen molar-refractivity contribution in [1.29, 1.82) is 0 Å². The number of aliphatic hydroxyl groups is 10. The lowest BCUT2D eigenvalue weighted by Crippen LogP contribution is -2.71. The molecule has 22 atom stereocenters. The highest BCUT2D eigenvalue weighted by atomic mass is 16.8. The molecule has 15 heteroatoms. The lowest BCUT2D eigenvalue weighted by Gasteiger charge is -2.72. The van der Waals surface area contributed by atoms with Crippen LogP contribution in [0.1, 0.15) is 107 Å². The van der Waals surface area contributed by atoms with Crippen molar-refractivity contribution in [2.45, 2.75) is 204 Å². The number of fused-ring (bicyclic) bond motifs is 5. The summed E-state index contributed by atoms with van der Waals surface area (Å²) in [5.74, 6) is -0.343. The average molecular weight is 817 g/mol. The molecule has 3 saturated heterocycles. The number of hydrogen-bond acceptors (Lipinski definition) is 15. The molecule has 3 aliphatic heterocycles. The van der Waals surface area contributed by atoms with E-state index in [4.69, 9.17) is 23.7 Å². The number of aliphatic hydroxyl groups excluding tert-OH is 9. The van der Waals surface area contributed by atoms with Gasteiger partial charge in [-0.1, -0.05) is 34.6 Å². The van der Waals surface area contributed by atoms with Gasteiger partial charge in [-0.25, -0.2) is 0 Å². The molecule has 7 rings (SSSR count). The second-order valence-corrected chi connectivity index (χ2v) is 21.2. The van der Waals surface area contributed by atoms with Crippen LogP contribution in [0.4, 0.5) is 0 Å². The summed E-state index contributed by atoms with van der Waals surface area (Å²) in [5.41, 5.74) is -3.49. The standard InChI is InChI=1S/C42H72O15/c1-37(2)25(46)10-12-39(5)24-15-20(45)27-19(42(8)14-11-26(57-42)38(3,4)52)9-13-40(27,6)41(24,7)16-21(34(37)39)53-36-33(31(50)29(48)23(18-44)55-36)56-35-32(51)30(49)28(47)22(17-43)54-35/h19-36,43-52H,9-18H2,1-8H3/t19-,20+,21-,22+,23+,24+,25-,26-,27+,28+,29+,30-,31-,32+,33+,34-,35-,36+,39+,40+,41+,42-/m0/s1. The Labute approximate surface area is 336 Å². The van der Waals surface area contributed by atoms with Crippen LogP contribution >= 0.6 is 0 Å². The summed E-state index contributed by atoms with van der Waals surface area (Å²) >= 11 is 0. The molecular formula is C42H72O15. The maximum atomic E-state index is 12.4. The minimum absolute atomic E-state index is 0.0316. The Hall–Kier alpha value is -0.600. The van der Waals surface area contributed by atoms with E-state index < -0.39 is 126 Å². The highest BCUT2D eigenvalue weighted by Gasteiger charge is 2.74. The zero-order valence-corrected chi connectivity index (χ0v) is 35.0. The van der Waals surface area contributed by atoms with Crippen LogP contribution in [0, 0.1) is 45.3 Å². The van der Waals surface area contributed by atoms with E-state index in [0.29, 0.717) is 25.7 Å². The van der Waals surface area contributed by atoms with Gasteiger partial charge in [-0.15, -0.1) is 0 Å². The summed E-state index contributed by atoms with van der Waals surface area (Å²) in [6.45, 7) is 15.3. The van der Waals surface area contributed by atoms with Crippen molar-refractivity contribution in [2.24, 2.45) is 45.3 Å². The van der Waals surface area contributed by atoms with Gasteiger partial charge in [0.2, 0.25) is 0 Å². The largest absolute Gasteiger partial charge is 0.394 e. The summed E-state index contributed by atoms with van der Waals surface area (Å²) in [7, 11) is 0. The third-order valence-corrected chi connectivity index (χ3v) is 17.4. The monoisotopic (exact) mass is 816 g/mol. The fourth-order valence-corrected chi connectivity index (χ4v) is 14.1. The van der Waals surface area contributed by atoms with Gasteiger partial charge < -0.3 is 74.7 Å². The second kappa shape index (κ2) is 15.0. The maximum absolute atomic E-state index is 12.4. The minimum atomic E-state index is -1.81. The maximum Gasteiger partial charge on any atom is 0.187 e. The van der Waals surface area contributed by atoms with E-state index in [0.717, 1.165) is 25.7 Å². The molecule has 0 spiro atoms. The molecule has 3 heterocycles. The van der Waals surface area contributed by atoms with Crippen molar-refractivity contribution < 1.29 is 74.7 Å². The first-order valence-corrected chi connectivity index (χ1v) is 21.4. The van der Waals surface area contributed by atoms with Crippen LogP contribution in [0.3, 0.4) is 0 Å². The molecule has 10 N–H and O–H groups in total. The van der Waals surface area contributed by atoms with E-state index in [1.54, 1.807) is 13.8 Å². The molecule has 0 unspecified atom stereocenters. The van der Waals surface area contributed by atoms with E-state index in [-0.39, 0.29) is 29.8 Å². The van der Waals surface area contributed by atoms with Crippen molar-refractivity contribution in [2.75, 3.05) is 13.2 Å². The van der Waals surface area contributed by atoms with E-state index in [1.807, 2.05) is 13.8 Å². The van der Waals surface area contributed by atoms with Gasteiger partial charge >= 0.3 is 0 Å². The summed E-state index contributed by atoms with van der Waals surface area (Å²) in [6.07, 6.45) is -12.6. The molecule has 15 nitrogen and oxygen atoms in total. The fraction of sp³-hybridized carbons (Fsp3) is 1.00. The minimum Gasteiger partial charge on any atom is -0.394 e. The normalized spacial score (nSPS) is 56.5. The van der Waals surface area contributed by atoms with Gasteiger partial charge in [0.25, 0.3) is 0 Å². The van der Waals surface area contributed by atoms with Crippen molar-refractivity contribution in [3.63, 3.8) is 0 Å². The predicted molar refractivity (Wildman–Crippen MR) is 202 cm³/mol. The zero-order valence-electron chi connectivity index (χ0n) is 35.0. The fourth-order valence-electron chi connectivity index (χ4n) is 14.1. The van der Waals surface area contributed by atoms with Crippen LogP contribution in [0.15, 0.2) is 0 Å². The Kier molecular flexibility index (Phi) is 11.7. The third kappa shape index (κ3) is 6.80. The topological polar surface area (TPSA) is 248 Å². The summed E-state index contributed by atoms with van der Waals surface area (Å²) < 4.78 is 31.8. The van der Waals surface area contributed by atoms with Crippen molar-refractivity contribution in [3.8, 4) is 0 Å². The lowest BCUT2D eigenvalue weighted by atomic mass is 9.34. The Morgan fingerprint density at radius 3 is 1.89 bits per heavy atom. The molecule has 4 saturated carbocycles. The van der Waals surface area contributed by atoms with E-state index >= 15 is 0 Å². The smallest absolute Gasteiger partial charge is 0.187 e. The first-order chi connectivity index (χ1) is 26.4. The first kappa shape index (κ1) is 44.5. The van der Waals surface area contributed by atoms with Crippen molar-refractivity contribution in [3.05, 3.63) is 0 Å². The third-order valence-electron chi connectivity index (χ3n) is 17.4. The number of rotatable bonds is 8. The molecule has 0 aromatic rings. The summed E-state index contributed by atoms with van der Waals surface area (Å²) in [5, 5.41) is 109.